The minimum atomic E-state index is -2.49. The lowest BCUT2D eigenvalue weighted by atomic mass is 10.1. The van der Waals surface area contributed by atoms with Crippen LogP contribution in [0.3, 0.4) is 0 Å². The van der Waals surface area contributed by atoms with Crippen LogP contribution in [0.5, 0.6) is 0 Å². The predicted molar refractivity (Wildman–Crippen MR) is 71.4 cm³/mol. The summed E-state index contributed by atoms with van der Waals surface area (Å²) in [5.74, 6) is -2.48. The van der Waals surface area contributed by atoms with Crippen LogP contribution in [0.15, 0.2) is 0 Å². The van der Waals surface area contributed by atoms with E-state index < -0.39 is 5.92 Å². The van der Waals surface area contributed by atoms with E-state index in [9.17, 15) is 13.6 Å². The molecule has 0 unspecified atom stereocenters. The molecule has 1 heterocycles. The topological polar surface area (TPSA) is 35.6 Å². The SMILES string of the molecule is CC(C)NC(=O)CN(C)CCN1CCC(F)(F)CC1. The molecule has 0 aromatic rings. The van der Waals surface area contributed by atoms with Crippen molar-refractivity contribution >= 4 is 5.91 Å². The molecule has 1 fully saturated rings. The van der Waals surface area contributed by atoms with E-state index in [1.54, 1.807) is 0 Å². The van der Waals surface area contributed by atoms with Crippen molar-refractivity contribution in [3.8, 4) is 0 Å². The molecule has 1 N–H and O–H groups in total. The van der Waals surface area contributed by atoms with Crippen LogP contribution < -0.4 is 5.32 Å². The zero-order valence-electron chi connectivity index (χ0n) is 12.1. The number of likely N-dealkylation sites (tertiary alicyclic amines) is 1. The summed E-state index contributed by atoms with van der Waals surface area (Å²) >= 11 is 0. The number of hydrogen-bond donors (Lipinski definition) is 1. The largest absolute Gasteiger partial charge is 0.353 e. The molecule has 0 atom stereocenters. The first-order valence-electron chi connectivity index (χ1n) is 6.86. The van der Waals surface area contributed by atoms with Gasteiger partial charge in [-0.05, 0) is 20.9 Å². The maximum Gasteiger partial charge on any atom is 0.250 e. The minimum Gasteiger partial charge on any atom is -0.353 e. The van der Waals surface area contributed by atoms with Gasteiger partial charge in [0.05, 0.1) is 6.54 Å². The van der Waals surface area contributed by atoms with Crippen LogP contribution in [0.1, 0.15) is 26.7 Å². The number of nitrogens with one attached hydrogen (secondary N) is 1. The van der Waals surface area contributed by atoms with Gasteiger partial charge in [0.15, 0.2) is 0 Å². The summed E-state index contributed by atoms with van der Waals surface area (Å²) in [6.45, 7) is 6.54. The van der Waals surface area contributed by atoms with Crippen molar-refractivity contribution in [3.63, 3.8) is 0 Å². The average Bonchev–Trinajstić information content (AvgIpc) is 2.26. The van der Waals surface area contributed by atoms with Gasteiger partial charge in [0.25, 0.3) is 5.92 Å². The van der Waals surface area contributed by atoms with Crippen molar-refractivity contribution in [2.24, 2.45) is 0 Å². The fourth-order valence-electron chi connectivity index (χ4n) is 2.11. The van der Waals surface area contributed by atoms with E-state index in [2.05, 4.69) is 5.32 Å². The number of nitrogens with zero attached hydrogens (tertiary/aromatic N) is 2. The Bertz CT molecular complexity index is 288. The lowest BCUT2D eigenvalue weighted by Gasteiger charge is -2.32. The Morgan fingerprint density at radius 3 is 2.47 bits per heavy atom. The van der Waals surface area contributed by atoms with Gasteiger partial charge < -0.3 is 10.2 Å². The first-order valence-corrected chi connectivity index (χ1v) is 6.86. The van der Waals surface area contributed by atoms with Crippen LogP contribution in [0.2, 0.25) is 0 Å². The molecule has 112 valence electrons. The van der Waals surface area contributed by atoms with Gasteiger partial charge in [0.1, 0.15) is 0 Å². The van der Waals surface area contributed by atoms with Crippen molar-refractivity contribution in [1.29, 1.82) is 0 Å². The molecule has 1 aliphatic rings. The fraction of sp³-hybridized carbons (Fsp3) is 0.923. The lowest BCUT2D eigenvalue weighted by Crippen LogP contribution is -2.44. The highest BCUT2D eigenvalue weighted by molar-refractivity contribution is 5.78. The zero-order chi connectivity index (χ0) is 14.5. The number of hydrogen-bond acceptors (Lipinski definition) is 3. The van der Waals surface area contributed by atoms with Crippen molar-refractivity contribution in [2.45, 2.75) is 38.7 Å². The van der Waals surface area contributed by atoms with Crippen molar-refractivity contribution in [1.82, 2.24) is 15.1 Å². The normalized spacial score (nSPS) is 19.9. The second-order valence-corrected chi connectivity index (χ2v) is 5.66. The standard InChI is InChI=1S/C13H25F2N3O/c1-11(2)16-12(19)10-17(3)8-9-18-6-4-13(14,15)5-7-18/h11H,4-10H2,1-3H3,(H,16,19). The average molecular weight is 277 g/mol. The molecule has 4 nitrogen and oxygen atoms in total. The van der Waals surface area contributed by atoms with Crippen LogP contribution >= 0.6 is 0 Å². The molecule has 1 amide bonds. The van der Waals surface area contributed by atoms with Crippen molar-refractivity contribution in [3.05, 3.63) is 0 Å². The van der Waals surface area contributed by atoms with E-state index in [0.29, 0.717) is 19.6 Å². The van der Waals surface area contributed by atoms with E-state index in [-0.39, 0.29) is 24.8 Å². The number of halogens is 2. The van der Waals surface area contributed by atoms with Gasteiger partial charge in [-0.25, -0.2) is 8.78 Å². The first kappa shape index (κ1) is 16.3. The number of rotatable bonds is 6. The molecule has 1 rings (SSSR count). The molecule has 0 radical (unpaired) electrons. The summed E-state index contributed by atoms with van der Waals surface area (Å²) in [7, 11) is 1.87. The maximum absolute atomic E-state index is 13.0. The van der Waals surface area contributed by atoms with E-state index >= 15 is 0 Å². The van der Waals surface area contributed by atoms with Crippen molar-refractivity contribution < 1.29 is 13.6 Å². The number of piperidine rings is 1. The Morgan fingerprint density at radius 2 is 1.95 bits per heavy atom. The quantitative estimate of drug-likeness (QED) is 0.792. The van der Waals surface area contributed by atoms with Gasteiger partial charge in [-0.3, -0.25) is 9.69 Å². The Kier molecular flexibility index (Phi) is 6.13. The summed E-state index contributed by atoms with van der Waals surface area (Å²) in [6, 6.07) is 0.144. The Labute approximate surface area is 114 Å². The number of likely N-dealkylation sites (N-methyl/N-ethyl adjacent to an activating group) is 1. The van der Waals surface area contributed by atoms with Crippen molar-refractivity contribution in [2.75, 3.05) is 39.8 Å². The number of amides is 1. The van der Waals surface area contributed by atoms with Crippen LogP contribution in [-0.4, -0.2) is 67.4 Å². The number of carbonyl (C=O) groups excluding carboxylic acids is 1. The van der Waals surface area contributed by atoms with Crippen LogP contribution in [0.25, 0.3) is 0 Å². The van der Waals surface area contributed by atoms with E-state index in [1.165, 1.54) is 0 Å². The molecular weight excluding hydrogens is 252 g/mol. The molecule has 19 heavy (non-hydrogen) atoms. The highest BCUT2D eigenvalue weighted by Crippen LogP contribution is 2.27. The third-order valence-electron chi connectivity index (χ3n) is 3.25. The monoisotopic (exact) mass is 277 g/mol. The molecule has 0 bridgehead atoms. The van der Waals surface area contributed by atoms with Crippen LogP contribution in [0, 0.1) is 0 Å². The smallest absolute Gasteiger partial charge is 0.250 e. The predicted octanol–water partition coefficient (Wildman–Crippen LogP) is 1.17. The molecular formula is C13H25F2N3O. The number of carbonyl (C=O) groups is 1. The highest BCUT2D eigenvalue weighted by Gasteiger charge is 2.33. The molecule has 0 aromatic heterocycles. The summed E-state index contributed by atoms with van der Waals surface area (Å²) in [6.07, 6.45) is -0.102. The Hall–Kier alpha value is -0.750. The highest BCUT2D eigenvalue weighted by atomic mass is 19.3. The fourth-order valence-corrected chi connectivity index (χ4v) is 2.11. The molecule has 0 aliphatic carbocycles. The van der Waals surface area contributed by atoms with Gasteiger partial charge in [-0.1, -0.05) is 0 Å². The third-order valence-corrected chi connectivity index (χ3v) is 3.25. The second kappa shape index (κ2) is 7.14. The Morgan fingerprint density at radius 1 is 1.37 bits per heavy atom. The minimum absolute atomic E-state index is 0.00248. The van der Waals surface area contributed by atoms with Crippen LogP contribution in [-0.2, 0) is 4.79 Å². The molecule has 0 saturated carbocycles. The molecule has 6 heteroatoms. The second-order valence-electron chi connectivity index (χ2n) is 5.66. The van der Waals surface area contributed by atoms with E-state index in [1.807, 2.05) is 30.7 Å². The molecule has 0 spiro atoms. The third kappa shape index (κ3) is 6.82. The van der Waals surface area contributed by atoms with E-state index in [4.69, 9.17) is 0 Å². The summed E-state index contributed by atoms with van der Waals surface area (Å²) < 4.78 is 26.0. The summed E-state index contributed by atoms with van der Waals surface area (Å²) in [5, 5.41) is 2.83. The Balaban J connectivity index is 2.17. The van der Waals surface area contributed by atoms with Gasteiger partial charge in [0, 0.05) is 45.1 Å². The van der Waals surface area contributed by atoms with Gasteiger partial charge in [-0.2, -0.15) is 0 Å². The molecule has 1 aliphatic heterocycles. The summed E-state index contributed by atoms with van der Waals surface area (Å²) in [4.78, 5) is 15.5. The van der Waals surface area contributed by atoms with Gasteiger partial charge in [0.2, 0.25) is 5.91 Å². The maximum atomic E-state index is 13.0. The van der Waals surface area contributed by atoms with Gasteiger partial charge >= 0.3 is 0 Å². The van der Waals surface area contributed by atoms with Crippen LogP contribution in [0.4, 0.5) is 8.78 Å². The zero-order valence-corrected chi connectivity index (χ0v) is 12.1. The first-order chi connectivity index (χ1) is 8.78. The van der Waals surface area contributed by atoms with Gasteiger partial charge in [-0.15, -0.1) is 0 Å². The summed E-state index contributed by atoms with van der Waals surface area (Å²) in [5.41, 5.74) is 0. The van der Waals surface area contributed by atoms with E-state index in [0.717, 1.165) is 13.1 Å². The molecule has 0 aromatic carbocycles. The lowest BCUT2D eigenvalue weighted by molar-refractivity contribution is -0.122. The number of alkyl halides is 2. The molecule has 1 saturated heterocycles.